The minimum absolute atomic E-state index is 0.128. The molecule has 0 fully saturated rings. The van der Waals surface area contributed by atoms with Crippen LogP contribution in [0.2, 0.25) is 0 Å². The van der Waals surface area contributed by atoms with Gasteiger partial charge in [0.25, 0.3) is 0 Å². The van der Waals surface area contributed by atoms with Crippen LogP contribution in [0.4, 0.5) is 4.39 Å². The van der Waals surface area contributed by atoms with E-state index in [1.54, 1.807) is 0 Å². The molecule has 0 spiro atoms. The molecule has 0 aliphatic heterocycles. The van der Waals surface area contributed by atoms with Gasteiger partial charge in [-0.25, -0.2) is 17.6 Å². The summed E-state index contributed by atoms with van der Waals surface area (Å²) in [5, 5.41) is 11.0. The molecule has 0 radical (unpaired) electrons. The summed E-state index contributed by atoms with van der Waals surface area (Å²) in [6.07, 6.45) is 4.92. The van der Waals surface area contributed by atoms with Crippen LogP contribution in [-0.4, -0.2) is 37.7 Å². The molecule has 0 saturated carbocycles. The van der Waals surface area contributed by atoms with Gasteiger partial charge < -0.3 is 10.4 Å². The lowest BCUT2D eigenvalue weighted by atomic mass is 10.1. The summed E-state index contributed by atoms with van der Waals surface area (Å²) in [4.78, 5) is 21.8. The Labute approximate surface area is 120 Å². The molecule has 21 heavy (non-hydrogen) atoms. The smallest absolute Gasteiger partial charge is 0.338 e. The van der Waals surface area contributed by atoms with Gasteiger partial charge in [-0.2, -0.15) is 0 Å². The largest absolute Gasteiger partial charge is 0.478 e. The van der Waals surface area contributed by atoms with Crippen molar-refractivity contribution in [2.24, 2.45) is 0 Å². The zero-order valence-electron chi connectivity index (χ0n) is 11.0. The lowest BCUT2D eigenvalue weighted by Crippen LogP contribution is -2.30. The van der Waals surface area contributed by atoms with E-state index in [-0.39, 0.29) is 12.1 Å². The minimum atomic E-state index is -4.10. The molecular weight excluding hydrogens is 301 g/mol. The van der Waals surface area contributed by atoms with Crippen LogP contribution < -0.4 is 5.32 Å². The third kappa shape index (κ3) is 4.03. The number of rotatable bonds is 5. The predicted octanol–water partition coefficient (Wildman–Crippen LogP) is 0.355. The third-order valence-electron chi connectivity index (χ3n) is 2.53. The van der Waals surface area contributed by atoms with Crippen LogP contribution in [0.15, 0.2) is 17.0 Å². The van der Waals surface area contributed by atoms with Crippen molar-refractivity contribution in [1.82, 2.24) is 5.32 Å². The third-order valence-corrected chi connectivity index (χ3v) is 4.12. The molecule has 0 aromatic heterocycles. The number of hydrogen-bond acceptors (Lipinski definition) is 4. The average molecular weight is 313 g/mol. The Hall–Kier alpha value is -2.40. The molecule has 0 aliphatic rings. The van der Waals surface area contributed by atoms with E-state index in [9.17, 15) is 22.4 Å². The van der Waals surface area contributed by atoms with Gasteiger partial charge in [0.15, 0.2) is 9.84 Å². The Balaban J connectivity index is 3.18. The maximum Gasteiger partial charge on any atom is 0.338 e. The first kappa shape index (κ1) is 16.7. The lowest BCUT2D eigenvalue weighted by molar-refractivity contribution is -0.118. The molecule has 112 valence electrons. The molecule has 2 N–H and O–H groups in total. The summed E-state index contributed by atoms with van der Waals surface area (Å²) in [5.74, 6) is -2.23. The number of aryl methyl sites for hydroxylation is 1. The van der Waals surface area contributed by atoms with Crippen LogP contribution in [0.5, 0.6) is 0 Å². The molecule has 0 aliphatic carbocycles. The fourth-order valence-corrected chi connectivity index (χ4v) is 2.80. The van der Waals surface area contributed by atoms with Crippen molar-refractivity contribution in [3.05, 3.63) is 29.1 Å². The van der Waals surface area contributed by atoms with Crippen molar-refractivity contribution < 1.29 is 27.5 Å². The van der Waals surface area contributed by atoms with Crippen LogP contribution >= 0.6 is 0 Å². The molecule has 8 heteroatoms. The van der Waals surface area contributed by atoms with Crippen molar-refractivity contribution in [2.75, 3.05) is 12.3 Å². The molecular formula is C13H12FNO5S. The molecule has 1 rings (SSSR count). The molecule has 0 heterocycles. The zero-order valence-corrected chi connectivity index (χ0v) is 11.8. The van der Waals surface area contributed by atoms with Gasteiger partial charge >= 0.3 is 5.97 Å². The highest BCUT2D eigenvalue weighted by Gasteiger charge is 2.23. The quantitative estimate of drug-likeness (QED) is 0.603. The van der Waals surface area contributed by atoms with E-state index in [0.29, 0.717) is 6.07 Å². The maximum absolute atomic E-state index is 13.6. The highest BCUT2D eigenvalue weighted by atomic mass is 32.2. The summed E-state index contributed by atoms with van der Waals surface area (Å²) in [7, 11) is -4.10. The monoisotopic (exact) mass is 313 g/mol. The van der Waals surface area contributed by atoms with E-state index >= 15 is 0 Å². The number of halogens is 1. The highest BCUT2D eigenvalue weighted by molar-refractivity contribution is 7.92. The van der Waals surface area contributed by atoms with E-state index in [1.165, 1.54) is 6.92 Å². The van der Waals surface area contributed by atoms with E-state index in [4.69, 9.17) is 11.5 Å². The number of benzene rings is 1. The van der Waals surface area contributed by atoms with E-state index in [1.807, 2.05) is 0 Å². The lowest BCUT2D eigenvalue weighted by Gasteiger charge is -2.08. The van der Waals surface area contributed by atoms with Crippen LogP contribution in [0.1, 0.15) is 15.9 Å². The second kappa shape index (κ2) is 6.37. The molecule has 0 unspecified atom stereocenters. The average Bonchev–Trinajstić information content (AvgIpc) is 2.38. The van der Waals surface area contributed by atoms with Gasteiger partial charge in [-0.3, -0.25) is 4.79 Å². The molecule has 0 bridgehead atoms. The number of terminal acetylenes is 1. The Bertz CT molecular complexity index is 734. The molecule has 1 aromatic carbocycles. The summed E-state index contributed by atoms with van der Waals surface area (Å²) in [6, 6.07) is 1.67. The van der Waals surface area contributed by atoms with E-state index < -0.39 is 43.7 Å². The fraction of sp³-hybridized carbons (Fsp3) is 0.231. The molecule has 1 aromatic rings. The SMILES string of the molecule is C#CCNC(=O)CS(=O)(=O)c1cc(C)c(F)c(C(=O)O)c1. The van der Waals surface area contributed by atoms with Crippen LogP contribution in [0.25, 0.3) is 0 Å². The fourth-order valence-electron chi connectivity index (χ4n) is 1.53. The number of carbonyl (C=O) groups is 2. The standard InChI is InChI=1S/C13H12FNO5S/c1-3-4-15-11(16)7-21(19,20)9-5-8(2)12(14)10(6-9)13(17)18/h1,5-6H,4,7H2,2H3,(H,15,16)(H,17,18). The number of carbonyl (C=O) groups excluding carboxylic acids is 1. The van der Waals surface area contributed by atoms with Crippen LogP contribution in [-0.2, 0) is 14.6 Å². The van der Waals surface area contributed by atoms with Crippen molar-refractivity contribution in [3.8, 4) is 12.3 Å². The first-order chi connectivity index (χ1) is 9.69. The Morgan fingerprint density at radius 3 is 2.57 bits per heavy atom. The number of hydrogen-bond donors (Lipinski definition) is 2. The van der Waals surface area contributed by atoms with E-state index in [2.05, 4.69) is 11.2 Å². The number of carboxylic acids is 1. The molecule has 0 saturated heterocycles. The predicted molar refractivity (Wildman–Crippen MR) is 72.0 cm³/mol. The number of nitrogens with one attached hydrogen (secondary N) is 1. The normalized spacial score (nSPS) is 10.7. The Morgan fingerprint density at radius 1 is 1.43 bits per heavy atom. The van der Waals surface area contributed by atoms with Crippen LogP contribution in [0, 0.1) is 25.1 Å². The number of aromatic carboxylic acids is 1. The molecule has 0 atom stereocenters. The van der Waals surface area contributed by atoms with Crippen molar-refractivity contribution in [1.29, 1.82) is 0 Å². The second-order valence-corrected chi connectivity index (χ2v) is 6.14. The van der Waals surface area contributed by atoms with E-state index in [0.717, 1.165) is 6.07 Å². The van der Waals surface area contributed by atoms with Gasteiger partial charge in [0, 0.05) is 0 Å². The number of carboxylic acid groups (broad SMARTS) is 1. The zero-order chi connectivity index (χ0) is 16.2. The minimum Gasteiger partial charge on any atom is -0.478 e. The summed E-state index contributed by atoms with van der Waals surface area (Å²) in [5.41, 5.74) is -0.907. The Kier molecular flexibility index (Phi) is 5.05. The molecule has 1 amide bonds. The van der Waals surface area contributed by atoms with Gasteiger partial charge in [0.05, 0.1) is 17.0 Å². The van der Waals surface area contributed by atoms with Gasteiger partial charge in [-0.1, -0.05) is 5.92 Å². The summed E-state index contributed by atoms with van der Waals surface area (Å²) < 4.78 is 37.6. The van der Waals surface area contributed by atoms with Gasteiger partial charge in [0.2, 0.25) is 5.91 Å². The second-order valence-electron chi connectivity index (χ2n) is 4.15. The first-order valence-electron chi connectivity index (χ1n) is 5.65. The highest BCUT2D eigenvalue weighted by Crippen LogP contribution is 2.20. The topological polar surface area (TPSA) is 101 Å². The van der Waals surface area contributed by atoms with Crippen LogP contribution in [0.3, 0.4) is 0 Å². The first-order valence-corrected chi connectivity index (χ1v) is 7.30. The van der Waals surface area contributed by atoms with Gasteiger partial charge in [-0.05, 0) is 24.6 Å². The van der Waals surface area contributed by atoms with Gasteiger partial charge in [0.1, 0.15) is 11.6 Å². The molecule has 6 nitrogen and oxygen atoms in total. The van der Waals surface area contributed by atoms with Crippen molar-refractivity contribution >= 4 is 21.7 Å². The van der Waals surface area contributed by atoms with Crippen molar-refractivity contribution in [2.45, 2.75) is 11.8 Å². The number of amides is 1. The summed E-state index contributed by atoms with van der Waals surface area (Å²) >= 11 is 0. The Morgan fingerprint density at radius 2 is 2.05 bits per heavy atom. The summed E-state index contributed by atoms with van der Waals surface area (Å²) in [6.45, 7) is 1.11. The maximum atomic E-state index is 13.6. The van der Waals surface area contributed by atoms with Gasteiger partial charge in [-0.15, -0.1) is 6.42 Å². The van der Waals surface area contributed by atoms with Crippen molar-refractivity contribution in [3.63, 3.8) is 0 Å². The number of sulfone groups is 1.